The van der Waals surface area contributed by atoms with Crippen LogP contribution in [0.4, 0.5) is 0 Å². The zero-order valence-corrected chi connectivity index (χ0v) is 12.6. The summed E-state index contributed by atoms with van der Waals surface area (Å²) < 4.78 is 0. The molecular formula is C17H28. The van der Waals surface area contributed by atoms with E-state index in [9.17, 15) is 0 Å². The molecular weight excluding hydrogens is 204 g/mol. The van der Waals surface area contributed by atoms with Crippen LogP contribution in [0, 0.1) is 0 Å². The third-order valence-electron chi connectivity index (χ3n) is 3.61. The topological polar surface area (TPSA) is 0 Å². The molecule has 0 heteroatoms. The van der Waals surface area contributed by atoms with Crippen molar-refractivity contribution >= 4 is 0 Å². The molecule has 0 unspecified atom stereocenters. The summed E-state index contributed by atoms with van der Waals surface area (Å²) in [5.41, 5.74) is 6.19. The molecule has 1 rings (SSSR count). The van der Waals surface area contributed by atoms with E-state index in [0.717, 1.165) is 6.42 Å². The summed E-state index contributed by atoms with van der Waals surface area (Å²) in [4.78, 5) is 0. The van der Waals surface area contributed by atoms with Crippen molar-refractivity contribution in [3.05, 3.63) is 34.4 Å². The molecule has 0 fully saturated rings. The first-order valence-corrected chi connectivity index (χ1v) is 7.05. The summed E-state index contributed by atoms with van der Waals surface area (Å²) in [5.74, 6) is 1.87. The highest BCUT2D eigenvalue weighted by molar-refractivity contribution is 5.43. The van der Waals surface area contributed by atoms with Gasteiger partial charge >= 0.3 is 0 Å². The van der Waals surface area contributed by atoms with Gasteiger partial charge in [0.15, 0.2) is 0 Å². The summed E-state index contributed by atoms with van der Waals surface area (Å²) in [7, 11) is 0. The van der Waals surface area contributed by atoms with Crippen molar-refractivity contribution in [2.45, 2.75) is 72.6 Å². The number of hydrogen-bond donors (Lipinski definition) is 0. The smallest absolute Gasteiger partial charge is 0.0216 e. The van der Waals surface area contributed by atoms with Crippen LogP contribution in [-0.2, 0) is 6.42 Å². The van der Waals surface area contributed by atoms with Crippen LogP contribution in [0.1, 0.15) is 88.5 Å². The minimum Gasteiger partial charge on any atom is -0.0613 e. The Kier molecular flexibility index (Phi) is 4.80. The van der Waals surface area contributed by atoms with Gasteiger partial charge in [-0.05, 0) is 46.4 Å². The van der Waals surface area contributed by atoms with Crippen LogP contribution in [0.15, 0.2) is 12.1 Å². The van der Waals surface area contributed by atoms with Gasteiger partial charge in [0.25, 0.3) is 0 Å². The molecule has 0 amide bonds. The molecule has 0 aliphatic rings. The van der Waals surface area contributed by atoms with Crippen molar-refractivity contribution in [3.8, 4) is 0 Å². The minimum atomic E-state index is 0.621. The third kappa shape index (κ3) is 3.12. The zero-order chi connectivity index (χ0) is 13.2. The highest BCUT2D eigenvalue weighted by Gasteiger charge is 2.15. The van der Waals surface area contributed by atoms with Gasteiger partial charge in [-0.2, -0.15) is 0 Å². The van der Waals surface area contributed by atoms with Crippen LogP contribution >= 0.6 is 0 Å². The summed E-state index contributed by atoms with van der Waals surface area (Å²) >= 11 is 0. The van der Waals surface area contributed by atoms with E-state index in [-0.39, 0.29) is 0 Å². The van der Waals surface area contributed by atoms with Gasteiger partial charge in [-0.25, -0.2) is 0 Å². The van der Waals surface area contributed by atoms with Crippen LogP contribution in [0.2, 0.25) is 0 Å². The Labute approximate surface area is 107 Å². The first-order chi connectivity index (χ1) is 7.88. The lowest BCUT2D eigenvalue weighted by molar-refractivity contribution is 0.779. The van der Waals surface area contributed by atoms with Crippen molar-refractivity contribution in [2.75, 3.05) is 0 Å². The van der Waals surface area contributed by atoms with E-state index in [2.05, 4.69) is 60.6 Å². The second-order valence-corrected chi connectivity index (χ2v) is 6.00. The monoisotopic (exact) mass is 232 g/mol. The van der Waals surface area contributed by atoms with Gasteiger partial charge in [0.1, 0.15) is 0 Å². The van der Waals surface area contributed by atoms with Gasteiger partial charge in [-0.1, -0.05) is 60.6 Å². The van der Waals surface area contributed by atoms with Gasteiger partial charge in [0.05, 0.1) is 0 Å². The van der Waals surface area contributed by atoms with E-state index in [1.165, 1.54) is 5.56 Å². The lowest BCUT2D eigenvalue weighted by Gasteiger charge is -2.22. The molecule has 0 aliphatic carbocycles. The quantitative estimate of drug-likeness (QED) is 0.632. The van der Waals surface area contributed by atoms with Gasteiger partial charge < -0.3 is 0 Å². The van der Waals surface area contributed by atoms with Crippen LogP contribution in [-0.4, -0.2) is 0 Å². The summed E-state index contributed by atoms with van der Waals surface area (Å²) in [6.45, 7) is 16.1. The normalized spacial score (nSPS) is 11.9. The van der Waals surface area contributed by atoms with Crippen molar-refractivity contribution < 1.29 is 0 Å². The number of hydrogen-bond acceptors (Lipinski definition) is 0. The Bertz CT molecular complexity index is 341. The van der Waals surface area contributed by atoms with E-state index >= 15 is 0 Å². The van der Waals surface area contributed by atoms with E-state index in [0.29, 0.717) is 17.8 Å². The predicted molar refractivity (Wildman–Crippen MR) is 78.1 cm³/mol. The molecule has 0 aromatic heterocycles. The first-order valence-electron chi connectivity index (χ1n) is 7.05. The van der Waals surface area contributed by atoms with E-state index < -0.39 is 0 Å². The van der Waals surface area contributed by atoms with Crippen molar-refractivity contribution in [1.29, 1.82) is 0 Å². The van der Waals surface area contributed by atoms with E-state index in [1.54, 1.807) is 16.7 Å². The molecule has 0 saturated heterocycles. The number of rotatable bonds is 4. The van der Waals surface area contributed by atoms with Gasteiger partial charge in [-0.15, -0.1) is 0 Å². The van der Waals surface area contributed by atoms with Gasteiger partial charge in [0, 0.05) is 0 Å². The van der Waals surface area contributed by atoms with Crippen LogP contribution in [0.5, 0.6) is 0 Å². The summed E-state index contributed by atoms with van der Waals surface area (Å²) in [6, 6.07) is 4.86. The van der Waals surface area contributed by atoms with Crippen molar-refractivity contribution in [3.63, 3.8) is 0 Å². The Morgan fingerprint density at radius 2 is 1.18 bits per heavy atom. The molecule has 0 aliphatic heterocycles. The first kappa shape index (κ1) is 14.3. The highest BCUT2D eigenvalue weighted by Crippen LogP contribution is 2.32. The Morgan fingerprint density at radius 3 is 1.41 bits per heavy atom. The molecule has 0 heterocycles. The second kappa shape index (κ2) is 5.71. The standard InChI is InChI=1S/C17H28/c1-8-15-16(12(4)5)9-14(11(2)3)10-17(15)13(6)7/h9-13H,8H2,1-7H3. The molecule has 0 atom stereocenters. The predicted octanol–water partition coefficient (Wildman–Crippen LogP) is 5.62. The Hall–Kier alpha value is -0.780. The maximum atomic E-state index is 2.43. The number of benzene rings is 1. The fourth-order valence-electron chi connectivity index (χ4n) is 2.51. The Morgan fingerprint density at radius 1 is 0.765 bits per heavy atom. The van der Waals surface area contributed by atoms with Crippen LogP contribution in [0.3, 0.4) is 0 Å². The minimum absolute atomic E-state index is 0.621. The van der Waals surface area contributed by atoms with Gasteiger partial charge in [0.2, 0.25) is 0 Å². The average molecular weight is 232 g/mol. The fourth-order valence-corrected chi connectivity index (χ4v) is 2.51. The Balaban J connectivity index is 3.46. The van der Waals surface area contributed by atoms with Crippen LogP contribution < -0.4 is 0 Å². The molecule has 0 bridgehead atoms. The zero-order valence-electron chi connectivity index (χ0n) is 12.6. The average Bonchev–Trinajstić information content (AvgIpc) is 2.26. The van der Waals surface area contributed by atoms with Gasteiger partial charge in [-0.3, -0.25) is 0 Å². The van der Waals surface area contributed by atoms with E-state index in [1.807, 2.05) is 0 Å². The molecule has 0 saturated carbocycles. The van der Waals surface area contributed by atoms with Crippen molar-refractivity contribution in [2.24, 2.45) is 0 Å². The molecule has 1 aromatic carbocycles. The lowest BCUT2D eigenvalue weighted by Crippen LogP contribution is -2.05. The maximum absolute atomic E-state index is 2.43. The lowest BCUT2D eigenvalue weighted by atomic mass is 9.83. The maximum Gasteiger partial charge on any atom is -0.0216 e. The molecule has 1 aromatic rings. The molecule has 0 nitrogen and oxygen atoms in total. The third-order valence-corrected chi connectivity index (χ3v) is 3.61. The molecule has 0 spiro atoms. The second-order valence-electron chi connectivity index (χ2n) is 6.00. The highest BCUT2D eigenvalue weighted by atomic mass is 14.2. The van der Waals surface area contributed by atoms with Crippen LogP contribution in [0.25, 0.3) is 0 Å². The molecule has 17 heavy (non-hydrogen) atoms. The summed E-state index contributed by atoms with van der Waals surface area (Å²) in [5, 5.41) is 0. The largest absolute Gasteiger partial charge is 0.0613 e. The molecule has 0 N–H and O–H groups in total. The SMILES string of the molecule is CCc1c(C(C)C)cc(C(C)C)cc1C(C)C. The molecule has 0 radical (unpaired) electrons. The molecule has 96 valence electrons. The van der Waals surface area contributed by atoms with E-state index in [4.69, 9.17) is 0 Å². The van der Waals surface area contributed by atoms with Crippen molar-refractivity contribution in [1.82, 2.24) is 0 Å². The fraction of sp³-hybridized carbons (Fsp3) is 0.647. The summed E-state index contributed by atoms with van der Waals surface area (Å²) in [6.07, 6.45) is 1.15.